The Morgan fingerprint density at radius 1 is 0.931 bits per heavy atom. The molecule has 154 valence electrons. The number of rotatable bonds is 5. The molecular weight excluding hydrogens is 382 g/mol. The van der Waals surface area contributed by atoms with Crippen molar-refractivity contribution in [2.75, 3.05) is 13.1 Å². The summed E-state index contributed by atoms with van der Waals surface area (Å²) in [7, 11) is 0. The largest absolute Gasteiger partial charge is 0.481 e. The smallest absolute Gasteiger partial charge is 0.336 e. The summed E-state index contributed by atoms with van der Waals surface area (Å²) in [6.45, 7) is 2.24. The fraction of sp³-hybridized carbons (Fsp3) is 0.421. The Hall–Kier alpha value is -3.11. The Balaban J connectivity index is 0.000000171. The number of benzene rings is 1. The lowest BCUT2D eigenvalue weighted by Gasteiger charge is -2.19. The first-order valence-electron chi connectivity index (χ1n) is 9.04. The lowest BCUT2D eigenvalue weighted by Crippen LogP contribution is -2.42. The molecule has 1 aliphatic heterocycles. The SMILES string of the molecule is O=C(O)CC(O)(CC(=O)O)C(=O)O.c1cnc2cc3c(cc2n1)C1CNCC3C1. The molecule has 1 fully saturated rings. The molecule has 1 aromatic carbocycles. The van der Waals surface area contributed by atoms with Crippen molar-refractivity contribution >= 4 is 28.9 Å². The van der Waals surface area contributed by atoms with Crippen LogP contribution in [0.4, 0.5) is 0 Å². The first kappa shape index (κ1) is 20.6. The third kappa shape index (κ3) is 4.49. The van der Waals surface area contributed by atoms with Crippen LogP contribution in [0.3, 0.4) is 0 Å². The summed E-state index contributed by atoms with van der Waals surface area (Å²) in [6.07, 6.45) is 2.56. The number of aliphatic hydroxyl groups is 1. The number of carbonyl (C=O) groups is 3. The van der Waals surface area contributed by atoms with Crippen molar-refractivity contribution in [1.82, 2.24) is 15.3 Å². The standard InChI is InChI=1S/C13H13N3.C6H8O7/c1-2-16-13-5-11-9-3-8(6-14-7-9)10(11)4-12(13)15-1;7-3(8)1-6(13,5(11)12)2-4(9)10/h1-2,4-5,8-9,14H,3,6-7H2;13H,1-2H2,(H,7,8)(H,9,10)(H,11,12). The third-order valence-corrected chi connectivity index (χ3v) is 5.19. The third-order valence-electron chi connectivity index (χ3n) is 5.19. The number of hydrogen-bond donors (Lipinski definition) is 5. The van der Waals surface area contributed by atoms with Crippen molar-refractivity contribution in [3.8, 4) is 0 Å². The zero-order valence-corrected chi connectivity index (χ0v) is 15.4. The van der Waals surface area contributed by atoms with E-state index in [1.165, 1.54) is 17.5 Å². The number of aromatic nitrogens is 2. The minimum atomic E-state index is -2.74. The van der Waals surface area contributed by atoms with Crippen LogP contribution in [0.2, 0.25) is 0 Å². The second kappa shape index (κ2) is 8.10. The molecule has 2 atom stereocenters. The topological polar surface area (TPSA) is 170 Å². The maximum Gasteiger partial charge on any atom is 0.336 e. The molecule has 1 saturated heterocycles. The van der Waals surface area contributed by atoms with Crippen molar-refractivity contribution in [1.29, 1.82) is 0 Å². The molecule has 0 spiro atoms. The molecule has 2 aromatic rings. The number of piperidine rings is 1. The fourth-order valence-corrected chi connectivity index (χ4v) is 3.88. The molecule has 2 heterocycles. The van der Waals surface area contributed by atoms with Crippen molar-refractivity contribution in [3.05, 3.63) is 35.7 Å². The average molecular weight is 403 g/mol. The second-order valence-electron chi connectivity index (χ2n) is 7.29. The normalized spacial score (nSPS) is 19.8. The van der Waals surface area contributed by atoms with Crippen molar-refractivity contribution < 1.29 is 34.8 Å². The fourth-order valence-electron chi connectivity index (χ4n) is 3.88. The Bertz CT molecular complexity index is 897. The van der Waals surface area contributed by atoms with E-state index in [1.54, 1.807) is 12.4 Å². The Morgan fingerprint density at radius 3 is 1.76 bits per heavy atom. The summed E-state index contributed by atoms with van der Waals surface area (Å²) in [6, 6.07) is 4.49. The monoisotopic (exact) mass is 403 g/mol. The second-order valence-corrected chi connectivity index (χ2v) is 7.29. The van der Waals surface area contributed by atoms with E-state index in [1.807, 2.05) is 0 Å². The van der Waals surface area contributed by atoms with E-state index in [2.05, 4.69) is 27.4 Å². The van der Waals surface area contributed by atoms with Gasteiger partial charge >= 0.3 is 17.9 Å². The zero-order chi connectivity index (χ0) is 21.2. The molecule has 2 unspecified atom stereocenters. The maximum absolute atomic E-state index is 10.3. The Morgan fingerprint density at radius 2 is 1.38 bits per heavy atom. The van der Waals surface area contributed by atoms with E-state index in [9.17, 15) is 14.4 Å². The van der Waals surface area contributed by atoms with Crippen LogP contribution in [-0.2, 0) is 14.4 Å². The quantitative estimate of drug-likeness (QED) is 0.475. The van der Waals surface area contributed by atoms with Gasteiger partial charge < -0.3 is 25.7 Å². The molecule has 0 amide bonds. The van der Waals surface area contributed by atoms with E-state index >= 15 is 0 Å². The predicted octanol–water partition coefficient (Wildman–Crippen LogP) is 0.555. The number of carboxylic acids is 3. The highest BCUT2D eigenvalue weighted by atomic mass is 16.4. The summed E-state index contributed by atoms with van der Waals surface area (Å²) < 4.78 is 0. The first-order valence-corrected chi connectivity index (χ1v) is 9.04. The molecule has 1 aromatic heterocycles. The number of nitrogens with zero attached hydrogens (tertiary/aromatic N) is 2. The first-order chi connectivity index (χ1) is 13.7. The van der Waals surface area contributed by atoms with Gasteiger partial charge in [0, 0.05) is 25.5 Å². The Labute approximate surface area is 165 Å². The summed E-state index contributed by atoms with van der Waals surface area (Å²) in [5.74, 6) is -3.63. The lowest BCUT2D eigenvalue weighted by atomic mass is 9.96. The van der Waals surface area contributed by atoms with Crippen LogP contribution in [-0.4, -0.2) is 67.0 Å². The average Bonchev–Trinajstić information content (AvgIpc) is 2.88. The minimum Gasteiger partial charge on any atom is -0.481 e. The van der Waals surface area contributed by atoms with E-state index in [4.69, 9.17) is 20.4 Å². The van der Waals surface area contributed by atoms with Crippen molar-refractivity contribution in [2.45, 2.75) is 36.7 Å². The van der Waals surface area contributed by atoms with E-state index in [0.717, 1.165) is 24.1 Å². The lowest BCUT2D eigenvalue weighted by molar-refractivity contribution is -0.170. The number of aliphatic carboxylic acids is 3. The highest BCUT2D eigenvalue weighted by Gasteiger charge is 2.40. The molecule has 1 aliphatic carbocycles. The van der Waals surface area contributed by atoms with E-state index in [0.29, 0.717) is 11.8 Å². The van der Waals surface area contributed by atoms with Gasteiger partial charge in [-0.1, -0.05) is 0 Å². The molecule has 2 bridgehead atoms. The van der Waals surface area contributed by atoms with Crippen LogP contribution >= 0.6 is 0 Å². The summed E-state index contributed by atoms with van der Waals surface area (Å²) in [5.41, 5.74) is 2.34. The minimum absolute atomic E-state index is 0.695. The molecule has 29 heavy (non-hydrogen) atoms. The van der Waals surface area contributed by atoms with Crippen LogP contribution in [0, 0.1) is 0 Å². The van der Waals surface area contributed by atoms with Gasteiger partial charge in [0.15, 0.2) is 5.60 Å². The molecule has 10 nitrogen and oxygen atoms in total. The van der Waals surface area contributed by atoms with Crippen LogP contribution in [0.5, 0.6) is 0 Å². The van der Waals surface area contributed by atoms with Gasteiger partial charge in [-0.2, -0.15) is 0 Å². The van der Waals surface area contributed by atoms with Gasteiger partial charge in [0.05, 0.1) is 23.9 Å². The van der Waals surface area contributed by atoms with Gasteiger partial charge in [-0.15, -0.1) is 0 Å². The van der Waals surface area contributed by atoms with Gasteiger partial charge in [0.25, 0.3) is 0 Å². The maximum atomic E-state index is 10.3. The zero-order valence-electron chi connectivity index (χ0n) is 15.4. The molecule has 5 N–H and O–H groups in total. The molecule has 0 radical (unpaired) electrons. The molecular formula is C19H21N3O7. The summed E-state index contributed by atoms with van der Waals surface area (Å²) >= 11 is 0. The number of carboxylic acid groups (broad SMARTS) is 3. The van der Waals surface area contributed by atoms with Crippen LogP contribution in [0.15, 0.2) is 24.5 Å². The molecule has 2 aliphatic rings. The van der Waals surface area contributed by atoms with Gasteiger partial charge in [-0.05, 0) is 41.5 Å². The van der Waals surface area contributed by atoms with Crippen LogP contribution in [0.1, 0.15) is 42.2 Å². The van der Waals surface area contributed by atoms with Crippen molar-refractivity contribution in [2.24, 2.45) is 0 Å². The highest BCUT2D eigenvalue weighted by Crippen LogP contribution is 2.44. The summed E-state index contributed by atoms with van der Waals surface area (Å²) in [4.78, 5) is 39.3. The highest BCUT2D eigenvalue weighted by molar-refractivity contribution is 5.88. The van der Waals surface area contributed by atoms with Gasteiger partial charge in [-0.3, -0.25) is 19.6 Å². The van der Waals surface area contributed by atoms with Gasteiger partial charge in [0.1, 0.15) is 0 Å². The van der Waals surface area contributed by atoms with E-state index < -0.39 is 36.4 Å². The molecule has 4 rings (SSSR count). The molecule has 10 heteroatoms. The van der Waals surface area contributed by atoms with Gasteiger partial charge in [0.2, 0.25) is 0 Å². The molecule has 0 saturated carbocycles. The van der Waals surface area contributed by atoms with Gasteiger partial charge in [-0.25, -0.2) is 4.79 Å². The Kier molecular flexibility index (Phi) is 5.76. The number of fused-ring (bicyclic) bond motifs is 6. The summed E-state index contributed by atoms with van der Waals surface area (Å²) in [5, 5.41) is 37.3. The number of nitrogens with one attached hydrogen (secondary N) is 1. The van der Waals surface area contributed by atoms with E-state index in [-0.39, 0.29) is 0 Å². The van der Waals surface area contributed by atoms with Crippen LogP contribution < -0.4 is 5.32 Å². The van der Waals surface area contributed by atoms with Crippen molar-refractivity contribution in [3.63, 3.8) is 0 Å². The number of hydrogen-bond acceptors (Lipinski definition) is 7. The predicted molar refractivity (Wildman–Crippen MR) is 99.6 cm³/mol. The van der Waals surface area contributed by atoms with Crippen LogP contribution in [0.25, 0.3) is 11.0 Å².